The third-order valence-electron chi connectivity index (χ3n) is 2.27. The van der Waals surface area contributed by atoms with E-state index in [2.05, 4.69) is 26.0 Å². The van der Waals surface area contributed by atoms with Crippen LogP contribution in [0.1, 0.15) is 33.6 Å². The second-order valence-corrected chi connectivity index (χ2v) is 3.57. The maximum Gasteiger partial charge on any atom is 0.158 e. The molecule has 0 heterocycles. The predicted molar refractivity (Wildman–Crippen MR) is 53.5 cm³/mol. The third-order valence-corrected chi connectivity index (χ3v) is 2.27. The normalized spacial score (nSPS) is 29.5. The minimum absolute atomic E-state index is 0.0232. The summed E-state index contributed by atoms with van der Waals surface area (Å²) in [5.74, 6) is 0.657. The Labute approximate surface area is 80.9 Å². The first-order valence-corrected chi connectivity index (χ1v) is 5.21. The van der Waals surface area contributed by atoms with E-state index in [1.165, 1.54) is 0 Å². The lowest BCUT2D eigenvalue weighted by molar-refractivity contribution is -0.158. The lowest BCUT2D eigenvalue weighted by Crippen LogP contribution is -2.22. The molecule has 0 amide bonds. The highest BCUT2D eigenvalue weighted by atomic mass is 16.7. The molecule has 2 unspecified atom stereocenters. The van der Waals surface area contributed by atoms with Gasteiger partial charge in [0.2, 0.25) is 0 Å². The van der Waals surface area contributed by atoms with Crippen molar-refractivity contribution in [1.29, 1.82) is 0 Å². The number of hydrogen-bond donors (Lipinski definition) is 0. The zero-order valence-electron chi connectivity index (χ0n) is 8.82. The average molecular weight is 184 g/mol. The minimum atomic E-state index is -0.0232. The second-order valence-electron chi connectivity index (χ2n) is 3.57. The van der Waals surface area contributed by atoms with E-state index in [1.54, 1.807) is 0 Å². The molecular formula is C11H20O2. The first-order chi connectivity index (χ1) is 6.26. The van der Waals surface area contributed by atoms with E-state index < -0.39 is 0 Å². The molecule has 0 fully saturated rings. The van der Waals surface area contributed by atoms with Crippen molar-refractivity contribution in [3.05, 3.63) is 12.2 Å². The molecule has 1 aliphatic carbocycles. The fraction of sp³-hybridized carbons (Fsp3) is 0.818. The highest BCUT2D eigenvalue weighted by Gasteiger charge is 2.19. The highest BCUT2D eigenvalue weighted by Crippen LogP contribution is 2.21. The molecular weight excluding hydrogens is 164 g/mol. The summed E-state index contributed by atoms with van der Waals surface area (Å²) >= 11 is 0. The van der Waals surface area contributed by atoms with E-state index in [4.69, 9.17) is 9.47 Å². The van der Waals surface area contributed by atoms with Crippen molar-refractivity contribution < 1.29 is 9.47 Å². The topological polar surface area (TPSA) is 18.5 Å². The number of rotatable bonds is 5. The summed E-state index contributed by atoms with van der Waals surface area (Å²) in [5, 5.41) is 0. The van der Waals surface area contributed by atoms with Crippen LogP contribution < -0.4 is 0 Å². The number of hydrogen-bond acceptors (Lipinski definition) is 2. The van der Waals surface area contributed by atoms with Gasteiger partial charge in [-0.15, -0.1) is 0 Å². The molecule has 2 nitrogen and oxygen atoms in total. The number of allylic oxidation sites excluding steroid dienone is 1. The average Bonchev–Trinajstić information content (AvgIpc) is 2.50. The molecule has 2 heteroatoms. The first kappa shape index (κ1) is 10.7. The summed E-state index contributed by atoms with van der Waals surface area (Å²) in [6, 6.07) is 0. The van der Waals surface area contributed by atoms with Crippen molar-refractivity contribution in [2.45, 2.75) is 46.0 Å². The smallest absolute Gasteiger partial charge is 0.158 e. The molecule has 0 aromatic carbocycles. The van der Waals surface area contributed by atoms with Gasteiger partial charge in [0, 0.05) is 6.61 Å². The van der Waals surface area contributed by atoms with Crippen molar-refractivity contribution in [1.82, 2.24) is 0 Å². The van der Waals surface area contributed by atoms with Crippen LogP contribution in [-0.4, -0.2) is 19.0 Å². The monoisotopic (exact) mass is 184 g/mol. The summed E-state index contributed by atoms with van der Waals surface area (Å²) < 4.78 is 11.2. The van der Waals surface area contributed by atoms with Crippen molar-refractivity contribution in [2.24, 2.45) is 5.92 Å². The van der Waals surface area contributed by atoms with Gasteiger partial charge < -0.3 is 9.47 Å². The zero-order valence-corrected chi connectivity index (χ0v) is 8.82. The van der Waals surface area contributed by atoms with Crippen molar-refractivity contribution in [3.8, 4) is 0 Å². The molecule has 1 aliphatic rings. The summed E-state index contributed by atoms with van der Waals surface area (Å²) in [4.78, 5) is 0. The van der Waals surface area contributed by atoms with E-state index >= 15 is 0 Å². The van der Waals surface area contributed by atoms with E-state index in [0.717, 1.165) is 19.4 Å². The largest absolute Gasteiger partial charge is 0.353 e. The van der Waals surface area contributed by atoms with Gasteiger partial charge in [-0.1, -0.05) is 26.0 Å². The van der Waals surface area contributed by atoms with Gasteiger partial charge >= 0.3 is 0 Å². The van der Waals surface area contributed by atoms with Gasteiger partial charge in [-0.2, -0.15) is 0 Å². The molecule has 0 aromatic heterocycles. The fourth-order valence-corrected chi connectivity index (χ4v) is 1.57. The standard InChI is InChI=1S/C11H20O2/c1-4-11(12-5-2)13-10-7-6-9(3)8-10/h6-7,9-11H,4-5,8H2,1-3H3/t9?,10-,11?/m1/s1. The molecule has 13 heavy (non-hydrogen) atoms. The summed E-state index contributed by atoms with van der Waals surface area (Å²) in [7, 11) is 0. The van der Waals surface area contributed by atoms with Crippen molar-refractivity contribution in [2.75, 3.05) is 6.61 Å². The molecule has 0 bridgehead atoms. The Morgan fingerprint density at radius 2 is 2.15 bits per heavy atom. The van der Waals surface area contributed by atoms with E-state index in [1.807, 2.05) is 6.92 Å². The van der Waals surface area contributed by atoms with E-state index in [-0.39, 0.29) is 12.4 Å². The Bertz CT molecular complexity index is 165. The summed E-state index contributed by atoms with van der Waals surface area (Å²) in [6.45, 7) is 7.02. The van der Waals surface area contributed by atoms with Gasteiger partial charge in [0.1, 0.15) is 0 Å². The van der Waals surface area contributed by atoms with E-state index in [0.29, 0.717) is 5.92 Å². The lowest BCUT2D eigenvalue weighted by Gasteiger charge is -2.20. The quantitative estimate of drug-likeness (QED) is 0.483. The summed E-state index contributed by atoms with van der Waals surface area (Å²) in [6.07, 6.45) is 6.63. The molecule has 0 saturated carbocycles. The fourth-order valence-electron chi connectivity index (χ4n) is 1.57. The van der Waals surface area contributed by atoms with Gasteiger partial charge in [-0.25, -0.2) is 0 Å². The Kier molecular flexibility index (Phi) is 4.46. The van der Waals surface area contributed by atoms with Gasteiger partial charge in [-0.05, 0) is 25.7 Å². The minimum Gasteiger partial charge on any atom is -0.353 e. The predicted octanol–water partition coefficient (Wildman–Crippen LogP) is 2.74. The van der Waals surface area contributed by atoms with Crippen LogP contribution in [0.2, 0.25) is 0 Å². The molecule has 0 N–H and O–H groups in total. The van der Waals surface area contributed by atoms with Crippen LogP contribution in [0.4, 0.5) is 0 Å². The van der Waals surface area contributed by atoms with Crippen LogP contribution in [0.15, 0.2) is 12.2 Å². The van der Waals surface area contributed by atoms with Crippen LogP contribution >= 0.6 is 0 Å². The molecule has 0 aliphatic heterocycles. The molecule has 0 radical (unpaired) electrons. The maximum atomic E-state index is 5.76. The second kappa shape index (κ2) is 5.40. The van der Waals surface area contributed by atoms with Crippen LogP contribution in [0.5, 0.6) is 0 Å². The van der Waals surface area contributed by atoms with Crippen LogP contribution in [-0.2, 0) is 9.47 Å². The summed E-state index contributed by atoms with van der Waals surface area (Å²) in [5.41, 5.74) is 0. The van der Waals surface area contributed by atoms with E-state index in [9.17, 15) is 0 Å². The first-order valence-electron chi connectivity index (χ1n) is 5.21. The van der Waals surface area contributed by atoms with Gasteiger partial charge in [-0.3, -0.25) is 0 Å². The SMILES string of the molecule is CCOC(CC)O[C@@H]1C=CC(C)C1. The maximum absolute atomic E-state index is 5.76. The Hall–Kier alpha value is -0.340. The van der Waals surface area contributed by atoms with Crippen LogP contribution in [0.3, 0.4) is 0 Å². The lowest BCUT2D eigenvalue weighted by atomic mass is 10.1. The highest BCUT2D eigenvalue weighted by molar-refractivity contribution is 5.01. The number of ether oxygens (including phenoxy) is 2. The van der Waals surface area contributed by atoms with Crippen molar-refractivity contribution >= 4 is 0 Å². The molecule has 76 valence electrons. The van der Waals surface area contributed by atoms with Crippen molar-refractivity contribution in [3.63, 3.8) is 0 Å². The van der Waals surface area contributed by atoms with Crippen LogP contribution in [0.25, 0.3) is 0 Å². The molecule has 0 aromatic rings. The molecule has 0 saturated heterocycles. The third kappa shape index (κ3) is 3.49. The van der Waals surface area contributed by atoms with Gasteiger partial charge in [0.25, 0.3) is 0 Å². The Balaban J connectivity index is 2.26. The van der Waals surface area contributed by atoms with Gasteiger partial charge in [0.05, 0.1) is 6.10 Å². The molecule has 3 atom stereocenters. The Morgan fingerprint density at radius 3 is 2.62 bits per heavy atom. The van der Waals surface area contributed by atoms with Gasteiger partial charge in [0.15, 0.2) is 6.29 Å². The molecule has 0 spiro atoms. The zero-order chi connectivity index (χ0) is 9.68. The van der Waals surface area contributed by atoms with Crippen LogP contribution in [0, 0.1) is 5.92 Å². The Morgan fingerprint density at radius 1 is 1.38 bits per heavy atom. The molecule has 1 rings (SSSR count).